The summed E-state index contributed by atoms with van der Waals surface area (Å²) in [6.07, 6.45) is 2.00. The molecule has 7 heteroatoms. The van der Waals surface area contributed by atoms with Crippen LogP contribution in [-0.2, 0) is 15.6 Å². The number of phenols is 1. The molecule has 0 radical (unpaired) electrons. The molecule has 0 spiro atoms. The lowest BCUT2D eigenvalue weighted by atomic mass is 9.78. The van der Waals surface area contributed by atoms with Gasteiger partial charge in [-0.05, 0) is 59.9 Å². The molecular weight excluding hydrogens is 556 g/mol. The number of rotatable bonds is 8. The Morgan fingerprint density at radius 3 is 2.03 bits per heavy atom. The van der Waals surface area contributed by atoms with Gasteiger partial charge in [0.1, 0.15) is 11.6 Å². The lowest BCUT2D eigenvalue weighted by molar-refractivity contribution is 0.0526. The highest BCUT2D eigenvalue weighted by molar-refractivity contribution is 9.08. The number of Topliss-reactive ketones (excluding diaryl/α,β-unsaturated/α-hetero) is 1. The van der Waals surface area contributed by atoms with Gasteiger partial charge in [-0.25, -0.2) is 4.79 Å². The molecule has 1 heterocycles. The van der Waals surface area contributed by atoms with Crippen molar-refractivity contribution in [2.75, 3.05) is 19.7 Å². The van der Waals surface area contributed by atoms with Gasteiger partial charge in [-0.2, -0.15) is 4.02 Å². The number of amidine groups is 1. The Bertz CT molecular complexity index is 1190. The summed E-state index contributed by atoms with van der Waals surface area (Å²) in [7, 11) is 0. The highest BCUT2D eigenvalue weighted by Crippen LogP contribution is 2.41. The zero-order valence-corrected chi connectivity index (χ0v) is 26.2. The number of esters is 1. The molecule has 39 heavy (non-hydrogen) atoms. The fourth-order valence-corrected chi connectivity index (χ4v) is 5.88. The van der Waals surface area contributed by atoms with Crippen molar-refractivity contribution in [2.45, 2.75) is 85.0 Å². The van der Waals surface area contributed by atoms with Crippen LogP contribution >= 0.6 is 16.1 Å². The molecule has 0 amide bonds. The van der Waals surface area contributed by atoms with E-state index in [1.165, 1.54) is 0 Å². The van der Waals surface area contributed by atoms with E-state index < -0.39 is 0 Å². The number of ketones is 1. The van der Waals surface area contributed by atoms with Crippen molar-refractivity contribution in [1.82, 2.24) is 4.90 Å². The van der Waals surface area contributed by atoms with Crippen LogP contribution in [0.1, 0.15) is 112 Å². The molecule has 2 atom stereocenters. The Kier molecular flexibility index (Phi) is 9.69. The molecule has 1 saturated heterocycles. The summed E-state index contributed by atoms with van der Waals surface area (Å²) in [6, 6.07) is 11.2. The lowest BCUT2D eigenvalue weighted by Crippen LogP contribution is -2.32. The van der Waals surface area contributed by atoms with E-state index in [0.29, 0.717) is 24.3 Å². The number of phenolic OH excluding ortho intramolecular Hbond substituents is 1. The van der Waals surface area contributed by atoms with Crippen LogP contribution in [0.2, 0.25) is 0 Å². The first-order valence-electron chi connectivity index (χ1n) is 13.8. The monoisotopic (exact) mass is 598 g/mol. The van der Waals surface area contributed by atoms with E-state index >= 15 is 0 Å². The van der Waals surface area contributed by atoms with E-state index in [-0.39, 0.29) is 46.7 Å². The number of benzene rings is 2. The summed E-state index contributed by atoms with van der Waals surface area (Å²) in [4.78, 5) is 28.0. The standard InChI is InChI=1S/C32H43BrN2O4/c1-9-11-22-18-35(29(34-33)27(22)20-12-14-21(15-13-20)30(38)39-10-2)19-26(36)23-16-24(31(3,4)5)28(37)25(17-23)32(6,7)8/h12-17,22,27,37H,9-11,18-19H2,1-8H3/t22-,27+/m0/s1. The number of aromatic hydroxyl groups is 1. The summed E-state index contributed by atoms with van der Waals surface area (Å²) < 4.78 is 9.62. The number of carbonyl (C=O) groups is 2. The highest BCUT2D eigenvalue weighted by Gasteiger charge is 2.40. The summed E-state index contributed by atoms with van der Waals surface area (Å²) >= 11 is 3.35. The molecule has 6 nitrogen and oxygen atoms in total. The first-order valence-corrected chi connectivity index (χ1v) is 14.6. The van der Waals surface area contributed by atoms with Gasteiger partial charge < -0.3 is 14.7 Å². The maximum absolute atomic E-state index is 13.8. The lowest BCUT2D eigenvalue weighted by Gasteiger charge is -2.28. The maximum Gasteiger partial charge on any atom is 0.338 e. The molecular formula is C32H43BrN2O4. The van der Waals surface area contributed by atoms with Crippen molar-refractivity contribution in [1.29, 1.82) is 0 Å². The van der Waals surface area contributed by atoms with Gasteiger partial charge in [-0.3, -0.25) is 4.79 Å². The van der Waals surface area contributed by atoms with Crippen LogP contribution in [0.15, 0.2) is 40.4 Å². The summed E-state index contributed by atoms with van der Waals surface area (Å²) in [5, 5.41) is 11.1. The van der Waals surface area contributed by atoms with Gasteiger partial charge in [-0.15, -0.1) is 0 Å². The Morgan fingerprint density at radius 2 is 1.56 bits per heavy atom. The van der Waals surface area contributed by atoms with Crippen LogP contribution in [0.4, 0.5) is 0 Å². The van der Waals surface area contributed by atoms with Crippen molar-refractivity contribution in [3.63, 3.8) is 0 Å². The summed E-state index contributed by atoms with van der Waals surface area (Å²) in [5.74, 6) is 1.03. The molecule has 1 fully saturated rings. The molecule has 0 saturated carbocycles. The van der Waals surface area contributed by atoms with E-state index in [1.807, 2.05) is 65.8 Å². The average Bonchev–Trinajstić information content (AvgIpc) is 3.19. The van der Waals surface area contributed by atoms with E-state index in [9.17, 15) is 14.7 Å². The second kappa shape index (κ2) is 12.2. The second-order valence-corrected chi connectivity index (χ2v) is 12.9. The van der Waals surface area contributed by atoms with Gasteiger partial charge >= 0.3 is 5.97 Å². The Hall–Kier alpha value is -2.67. The van der Waals surface area contributed by atoms with Gasteiger partial charge in [0.15, 0.2) is 5.78 Å². The predicted octanol–water partition coefficient (Wildman–Crippen LogP) is 7.57. The first-order chi connectivity index (χ1) is 18.2. The third kappa shape index (κ3) is 6.92. The SMILES string of the molecule is CCC[C@H]1CN(CC(=O)c2cc(C(C)(C)C)c(O)c(C(C)(C)C)c2)C(=NBr)[C@@H]1c1ccc(C(=O)OCC)cc1. The van der Waals surface area contributed by atoms with E-state index in [1.54, 1.807) is 19.1 Å². The van der Waals surface area contributed by atoms with Crippen LogP contribution < -0.4 is 0 Å². The van der Waals surface area contributed by atoms with Crippen LogP contribution in [0.25, 0.3) is 0 Å². The number of hydrogen-bond acceptors (Lipinski definition) is 5. The smallest absolute Gasteiger partial charge is 0.338 e. The molecule has 2 aromatic rings. The first kappa shape index (κ1) is 30.9. The average molecular weight is 600 g/mol. The normalized spacial score (nSPS) is 19.0. The second-order valence-electron chi connectivity index (χ2n) is 12.5. The summed E-state index contributed by atoms with van der Waals surface area (Å²) in [6.45, 7) is 17.5. The fourth-order valence-electron chi connectivity index (χ4n) is 5.44. The molecule has 0 aromatic heterocycles. The third-order valence-electron chi connectivity index (χ3n) is 7.44. The maximum atomic E-state index is 13.8. The highest BCUT2D eigenvalue weighted by atomic mass is 79.9. The molecule has 3 rings (SSSR count). The van der Waals surface area contributed by atoms with Gasteiger partial charge in [0.05, 0.1) is 34.9 Å². The Balaban J connectivity index is 1.95. The molecule has 1 N–H and O–H groups in total. The molecule has 212 valence electrons. The predicted molar refractivity (Wildman–Crippen MR) is 161 cm³/mol. The van der Waals surface area contributed by atoms with Gasteiger partial charge in [-0.1, -0.05) is 67.0 Å². The minimum Gasteiger partial charge on any atom is -0.507 e. The number of hydrogen-bond donors (Lipinski definition) is 1. The minimum absolute atomic E-state index is 0.00320. The minimum atomic E-state index is -0.333. The van der Waals surface area contributed by atoms with Crippen molar-refractivity contribution in [2.24, 2.45) is 9.94 Å². The van der Waals surface area contributed by atoms with Gasteiger partial charge in [0, 0.05) is 29.2 Å². The Morgan fingerprint density at radius 1 is 1.00 bits per heavy atom. The topological polar surface area (TPSA) is 79.2 Å². The molecule has 0 bridgehead atoms. The zero-order chi connectivity index (χ0) is 29.1. The number of halogens is 1. The summed E-state index contributed by atoms with van der Waals surface area (Å²) in [5.41, 5.74) is 3.10. The number of nitrogens with zero attached hydrogens (tertiary/aromatic N) is 2. The number of carbonyl (C=O) groups excluding carboxylic acids is 2. The van der Waals surface area contributed by atoms with Crippen molar-refractivity contribution >= 4 is 33.7 Å². The number of likely N-dealkylation sites (tertiary alicyclic amines) is 1. The van der Waals surface area contributed by atoms with E-state index in [0.717, 1.165) is 35.4 Å². The van der Waals surface area contributed by atoms with Gasteiger partial charge in [0.25, 0.3) is 0 Å². The molecule has 2 aromatic carbocycles. The third-order valence-corrected chi connectivity index (χ3v) is 7.80. The zero-order valence-electron chi connectivity index (χ0n) is 24.6. The largest absolute Gasteiger partial charge is 0.507 e. The van der Waals surface area contributed by atoms with E-state index in [2.05, 4.69) is 32.0 Å². The van der Waals surface area contributed by atoms with Crippen LogP contribution in [0, 0.1) is 5.92 Å². The van der Waals surface area contributed by atoms with Crippen LogP contribution in [0.5, 0.6) is 5.75 Å². The number of ether oxygens (including phenoxy) is 1. The molecule has 0 aliphatic carbocycles. The quantitative estimate of drug-likeness (QED) is 0.250. The van der Waals surface area contributed by atoms with Crippen LogP contribution in [0.3, 0.4) is 0 Å². The Labute approximate surface area is 242 Å². The van der Waals surface area contributed by atoms with Crippen molar-refractivity contribution < 1.29 is 19.4 Å². The van der Waals surface area contributed by atoms with Crippen LogP contribution in [-0.4, -0.2) is 47.3 Å². The molecule has 0 unspecified atom stereocenters. The molecule has 1 aliphatic rings. The van der Waals surface area contributed by atoms with Gasteiger partial charge in [0.2, 0.25) is 0 Å². The molecule has 1 aliphatic heterocycles. The van der Waals surface area contributed by atoms with Crippen molar-refractivity contribution in [3.8, 4) is 5.75 Å². The van der Waals surface area contributed by atoms with Crippen molar-refractivity contribution in [3.05, 3.63) is 64.2 Å². The van der Waals surface area contributed by atoms with E-state index in [4.69, 9.17) is 4.74 Å². The fraction of sp³-hybridized carbons (Fsp3) is 0.531.